The normalized spacial score (nSPS) is 16.9. The fourth-order valence-corrected chi connectivity index (χ4v) is 3.49. The number of carbonyl (C=O) groups is 1. The van der Waals surface area contributed by atoms with Gasteiger partial charge in [-0.15, -0.1) is 0 Å². The van der Waals surface area contributed by atoms with Gasteiger partial charge in [0.1, 0.15) is 5.92 Å². The fourth-order valence-electron chi connectivity index (χ4n) is 3.49. The maximum absolute atomic E-state index is 12.1. The lowest BCUT2D eigenvalue weighted by molar-refractivity contribution is -0.431. The Hall–Kier alpha value is -3.27. The minimum absolute atomic E-state index is 0.182. The SMILES string of the molecule is CCCOCCN1C(C)=C(C(=O)O)C(c2cccc([N+](=O)[O-])c2)C([N+](=O)[O-])=C1C. The van der Waals surface area contributed by atoms with Crippen LogP contribution >= 0.6 is 0 Å². The number of allylic oxidation sites excluding steroid dienone is 3. The summed E-state index contributed by atoms with van der Waals surface area (Å²) in [5, 5.41) is 32.9. The maximum Gasteiger partial charge on any atom is 0.334 e. The summed E-state index contributed by atoms with van der Waals surface area (Å²) in [6, 6.07) is 5.28. The number of nitrogens with zero attached hydrogens (tertiary/aromatic N) is 3. The Morgan fingerprint density at radius 3 is 2.41 bits per heavy atom. The molecule has 1 atom stereocenters. The number of nitro benzene ring substituents is 1. The number of hydrogen-bond donors (Lipinski definition) is 1. The van der Waals surface area contributed by atoms with Crippen LogP contribution < -0.4 is 0 Å². The second kappa shape index (κ2) is 9.28. The molecule has 0 aliphatic carbocycles. The lowest BCUT2D eigenvalue weighted by atomic mass is 9.83. The van der Waals surface area contributed by atoms with Crippen LogP contribution in [0.5, 0.6) is 0 Å². The van der Waals surface area contributed by atoms with Crippen LogP contribution in [-0.4, -0.2) is 45.6 Å². The van der Waals surface area contributed by atoms with Crippen molar-refractivity contribution in [3.8, 4) is 0 Å². The molecule has 1 aromatic rings. The molecule has 10 heteroatoms. The Labute approximate surface area is 167 Å². The summed E-state index contributed by atoms with van der Waals surface area (Å²) >= 11 is 0. The van der Waals surface area contributed by atoms with Crippen molar-refractivity contribution >= 4 is 11.7 Å². The molecular weight excluding hydrogens is 382 g/mol. The molecule has 0 spiro atoms. The first-order valence-electron chi connectivity index (χ1n) is 9.09. The van der Waals surface area contributed by atoms with E-state index in [1.807, 2.05) is 6.92 Å². The summed E-state index contributed by atoms with van der Waals surface area (Å²) in [5.41, 5.74) is 0.0538. The molecule has 1 unspecified atom stereocenters. The highest BCUT2D eigenvalue weighted by molar-refractivity contribution is 5.90. The molecule has 10 nitrogen and oxygen atoms in total. The Balaban J connectivity index is 2.61. The number of rotatable bonds is 9. The van der Waals surface area contributed by atoms with Gasteiger partial charge in [-0.05, 0) is 25.8 Å². The average Bonchev–Trinajstić information content (AvgIpc) is 2.66. The van der Waals surface area contributed by atoms with E-state index in [2.05, 4.69) is 0 Å². The minimum Gasteiger partial charge on any atom is -0.478 e. The van der Waals surface area contributed by atoms with Gasteiger partial charge in [-0.1, -0.05) is 19.1 Å². The molecule has 2 rings (SSSR count). The van der Waals surface area contributed by atoms with Crippen molar-refractivity contribution in [2.24, 2.45) is 0 Å². The Bertz CT molecular complexity index is 854. The number of nitro groups is 2. The van der Waals surface area contributed by atoms with Crippen LogP contribution in [-0.2, 0) is 9.53 Å². The van der Waals surface area contributed by atoms with Gasteiger partial charge < -0.3 is 14.7 Å². The lowest BCUT2D eigenvalue weighted by Crippen LogP contribution is -2.36. The molecule has 1 aliphatic rings. The van der Waals surface area contributed by atoms with Gasteiger partial charge in [0.15, 0.2) is 0 Å². The molecule has 1 aliphatic heterocycles. The highest BCUT2D eigenvalue weighted by atomic mass is 16.6. The molecule has 0 amide bonds. The van der Waals surface area contributed by atoms with Crippen molar-refractivity contribution in [1.29, 1.82) is 0 Å². The van der Waals surface area contributed by atoms with Gasteiger partial charge in [-0.3, -0.25) is 20.2 Å². The van der Waals surface area contributed by atoms with Gasteiger partial charge in [0, 0.05) is 31.0 Å². The summed E-state index contributed by atoms with van der Waals surface area (Å²) in [7, 11) is 0. The lowest BCUT2D eigenvalue weighted by Gasteiger charge is -2.34. The highest BCUT2D eigenvalue weighted by Crippen LogP contribution is 2.42. The molecule has 0 saturated heterocycles. The van der Waals surface area contributed by atoms with Crippen LogP contribution in [0.3, 0.4) is 0 Å². The first kappa shape index (κ1) is 22.0. The van der Waals surface area contributed by atoms with Crippen LogP contribution in [0.25, 0.3) is 0 Å². The summed E-state index contributed by atoms with van der Waals surface area (Å²) in [6.45, 7) is 6.14. The van der Waals surface area contributed by atoms with E-state index in [1.54, 1.807) is 18.7 Å². The van der Waals surface area contributed by atoms with E-state index in [9.17, 15) is 30.1 Å². The van der Waals surface area contributed by atoms with Gasteiger partial charge in [-0.2, -0.15) is 0 Å². The smallest absolute Gasteiger partial charge is 0.334 e. The van der Waals surface area contributed by atoms with Crippen LogP contribution in [0.2, 0.25) is 0 Å². The largest absolute Gasteiger partial charge is 0.478 e. The first-order valence-corrected chi connectivity index (χ1v) is 9.09. The van der Waals surface area contributed by atoms with Crippen molar-refractivity contribution in [1.82, 2.24) is 4.90 Å². The van der Waals surface area contributed by atoms with Gasteiger partial charge >= 0.3 is 5.97 Å². The molecule has 156 valence electrons. The summed E-state index contributed by atoms with van der Waals surface area (Å²) in [6.07, 6.45) is 0.818. The molecule has 0 bridgehead atoms. The zero-order chi connectivity index (χ0) is 21.7. The topological polar surface area (TPSA) is 136 Å². The predicted octanol–water partition coefficient (Wildman–Crippen LogP) is 3.29. The highest BCUT2D eigenvalue weighted by Gasteiger charge is 2.43. The van der Waals surface area contributed by atoms with Crippen LogP contribution in [0, 0.1) is 20.2 Å². The van der Waals surface area contributed by atoms with E-state index in [0.29, 0.717) is 12.3 Å². The van der Waals surface area contributed by atoms with Crippen LogP contribution in [0.15, 0.2) is 46.9 Å². The minimum atomic E-state index is -1.31. The summed E-state index contributed by atoms with van der Waals surface area (Å²) < 4.78 is 5.45. The zero-order valence-corrected chi connectivity index (χ0v) is 16.5. The summed E-state index contributed by atoms with van der Waals surface area (Å²) in [4.78, 5) is 35.4. The van der Waals surface area contributed by atoms with E-state index in [-0.39, 0.29) is 41.4 Å². The number of hydrogen-bond acceptors (Lipinski definition) is 7. The van der Waals surface area contributed by atoms with E-state index in [0.717, 1.165) is 6.42 Å². The Morgan fingerprint density at radius 1 is 1.17 bits per heavy atom. The van der Waals surface area contributed by atoms with Gasteiger partial charge in [0.2, 0.25) is 0 Å². The average molecular weight is 405 g/mol. The van der Waals surface area contributed by atoms with Gasteiger partial charge in [-0.25, -0.2) is 4.79 Å². The summed E-state index contributed by atoms with van der Waals surface area (Å²) in [5.74, 6) is -2.54. The fraction of sp³-hybridized carbons (Fsp3) is 0.421. The third-order valence-corrected chi connectivity index (χ3v) is 4.78. The third-order valence-electron chi connectivity index (χ3n) is 4.78. The molecule has 1 N–H and O–H groups in total. The molecule has 1 heterocycles. The van der Waals surface area contributed by atoms with E-state index < -0.39 is 21.7 Å². The Kier molecular flexibility index (Phi) is 7.05. The van der Waals surface area contributed by atoms with Crippen molar-refractivity contribution in [3.05, 3.63) is 72.7 Å². The standard InChI is InChI=1S/C19H23N3O7/c1-4-9-29-10-8-20-12(2)16(19(23)24)17(18(13(20)3)22(27)28)14-6-5-7-15(11-14)21(25)26/h5-7,11,17H,4,8-10H2,1-3H3,(H,23,24). The maximum atomic E-state index is 12.1. The number of carboxylic acid groups (broad SMARTS) is 1. The quantitative estimate of drug-likeness (QED) is 0.375. The molecule has 1 aromatic carbocycles. The van der Waals surface area contributed by atoms with E-state index >= 15 is 0 Å². The van der Waals surface area contributed by atoms with Gasteiger partial charge in [0.25, 0.3) is 11.4 Å². The van der Waals surface area contributed by atoms with Crippen molar-refractivity contribution in [2.75, 3.05) is 19.8 Å². The second-order valence-corrected chi connectivity index (χ2v) is 6.58. The predicted molar refractivity (Wildman–Crippen MR) is 104 cm³/mol. The molecule has 0 saturated carbocycles. The molecule has 0 fully saturated rings. The van der Waals surface area contributed by atoms with Crippen molar-refractivity contribution in [3.63, 3.8) is 0 Å². The first-order chi connectivity index (χ1) is 13.7. The Morgan fingerprint density at radius 2 is 1.86 bits per heavy atom. The second-order valence-electron chi connectivity index (χ2n) is 6.58. The molecular formula is C19H23N3O7. The van der Waals surface area contributed by atoms with Crippen molar-refractivity contribution in [2.45, 2.75) is 33.1 Å². The van der Waals surface area contributed by atoms with E-state index in [1.165, 1.54) is 24.3 Å². The number of ether oxygens (including phenoxy) is 1. The molecule has 0 aromatic heterocycles. The zero-order valence-electron chi connectivity index (χ0n) is 16.5. The monoisotopic (exact) mass is 405 g/mol. The third kappa shape index (κ3) is 4.60. The van der Waals surface area contributed by atoms with Crippen LogP contribution in [0.4, 0.5) is 5.69 Å². The van der Waals surface area contributed by atoms with Crippen LogP contribution in [0.1, 0.15) is 38.7 Å². The number of carboxylic acids is 1. The van der Waals surface area contributed by atoms with Gasteiger partial charge in [0.05, 0.1) is 27.7 Å². The number of aliphatic carboxylic acids is 1. The number of non-ortho nitro benzene ring substituents is 1. The van der Waals surface area contributed by atoms with E-state index in [4.69, 9.17) is 4.74 Å². The molecule has 29 heavy (non-hydrogen) atoms. The molecule has 0 radical (unpaired) electrons. The van der Waals surface area contributed by atoms with Crippen molar-refractivity contribution < 1.29 is 24.5 Å². The number of benzene rings is 1.